The lowest BCUT2D eigenvalue weighted by molar-refractivity contribution is 0.00578. The topological polar surface area (TPSA) is 55.4 Å². The first-order valence-electron chi connectivity index (χ1n) is 12.5. The molecule has 0 radical (unpaired) electrons. The minimum Gasteiger partial charge on any atom is -0.403 e. The second-order valence-corrected chi connectivity index (χ2v) is 13.0. The van der Waals surface area contributed by atoms with Crippen molar-refractivity contribution < 1.29 is 27.9 Å². The smallest absolute Gasteiger partial charge is 0.403 e. The van der Waals surface area contributed by atoms with Gasteiger partial charge in [-0.1, -0.05) is 24.3 Å². The van der Waals surface area contributed by atoms with Crippen LogP contribution in [0.3, 0.4) is 0 Å². The highest BCUT2D eigenvalue weighted by Gasteiger charge is 2.62. The summed E-state index contributed by atoms with van der Waals surface area (Å²) in [5.74, 6) is 0. The fourth-order valence-corrected chi connectivity index (χ4v) is 4.37. The second kappa shape index (κ2) is 7.83. The van der Waals surface area contributed by atoms with Gasteiger partial charge in [0.15, 0.2) is 0 Å². The van der Waals surface area contributed by atoms with Crippen LogP contribution in [-0.2, 0) is 27.9 Å². The molecule has 3 fully saturated rings. The van der Waals surface area contributed by atoms with Gasteiger partial charge in [0.2, 0.25) is 0 Å². The normalized spacial score (nSPS) is 28.2. The predicted octanol–water partition coefficient (Wildman–Crippen LogP) is 4.33. The highest BCUT2D eigenvalue weighted by Crippen LogP contribution is 2.46. The molecule has 3 heterocycles. The van der Waals surface area contributed by atoms with Gasteiger partial charge in [-0.05, 0) is 94.1 Å². The van der Waals surface area contributed by atoms with E-state index in [0.29, 0.717) is 0 Å². The van der Waals surface area contributed by atoms with E-state index in [1.165, 1.54) is 0 Å². The Morgan fingerprint density at radius 2 is 0.765 bits per heavy atom. The molecule has 4 rings (SSSR count). The molecule has 9 heteroatoms. The molecule has 3 aliphatic rings. The molecule has 0 unspecified atom stereocenters. The average Bonchev–Trinajstić information content (AvgIpc) is 3.10. The number of rotatable bonds is 4. The van der Waals surface area contributed by atoms with Crippen molar-refractivity contribution >= 4 is 26.8 Å². The number of hydrogen-bond acceptors (Lipinski definition) is 6. The Morgan fingerprint density at radius 1 is 0.471 bits per heavy atom. The largest absolute Gasteiger partial charge is 0.494 e. The molecular weight excluding hydrogens is 429 g/mol. The molecule has 0 bridgehead atoms. The van der Waals surface area contributed by atoms with Crippen molar-refractivity contribution in [3.05, 3.63) is 29.8 Å². The Morgan fingerprint density at radius 3 is 1.09 bits per heavy atom. The first kappa shape index (κ1) is 26.2. The summed E-state index contributed by atoms with van der Waals surface area (Å²) >= 11 is 0. The van der Waals surface area contributed by atoms with E-state index in [1.54, 1.807) is 0 Å². The molecule has 1 aromatic carbocycles. The molecule has 0 spiro atoms. The predicted molar refractivity (Wildman–Crippen MR) is 137 cm³/mol. The van der Waals surface area contributed by atoms with Crippen LogP contribution in [0.5, 0.6) is 0 Å². The van der Waals surface area contributed by atoms with Gasteiger partial charge < -0.3 is 27.9 Å². The summed E-state index contributed by atoms with van der Waals surface area (Å²) in [6.07, 6.45) is 0. The summed E-state index contributed by atoms with van der Waals surface area (Å²) in [4.78, 5) is 0. The second-order valence-electron chi connectivity index (χ2n) is 13.0. The van der Waals surface area contributed by atoms with E-state index in [-0.39, 0.29) is 16.9 Å². The van der Waals surface area contributed by atoms with Crippen LogP contribution in [0.15, 0.2) is 24.3 Å². The van der Waals surface area contributed by atoms with Gasteiger partial charge in [-0.25, -0.2) is 0 Å². The third-order valence-corrected chi connectivity index (χ3v) is 8.98. The minimum atomic E-state index is -0.512. The first-order valence-corrected chi connectivity index (χ1v) is 12.5. The Hall–Kier alpha value is -0.825. The molecule has 0 saturated carbocycles. The summed E-state index contributed by atoms with van der Waals surface area (Å²) in [6, 6.07) is 8.28. The fourth-order valence-electron chi connectivity index (χ4n) is 4.37. The van der Waals surface area contributed by atoms with E-state index >= 15 is 0 Å². The van der Waals surface area contributed by atoms with Gasteiger partial charge >= 0.3 is 21.4 Å². The first-order chi connectivity index (χ1) is 15.3. The van der Waals surface area contributed by atoms with Gasteiger partial charge in [-0.15, -0.1) is 0 Å². The molecule has 3 saturated heterocycles. The third kappa shape index (κ3) is 4.20. The summed E-state index contributed by atoms with van der Waals surface area (Å²) in [5.41, 5.74) is -0.862. The monoisotopic (exact) mass is 470 g/mol. The lowest BCUT2D eigenvalue weighted by Gasteiger charge is -2.32. The average molecular weight is 470 g/mol. The van der Waals surface area contributed by atoms with E-state index < -0.39 is 43.8 Å². The molecule has 0 amide bonds. The van der Waals surface area contributed by atoms with Gasteiger partial charge in [0.1, 0.15) is 0 Å². The van der Waals surface area contributed by atoms with Crippen molar-refractivity contribution in [3.63, 3.8) is 0 Å². The zero-order valence-corrected chi connectivity index (χ0v) is 23.1. The molecule has 0 aliphatic carbocycles. The molecule has 6 nitrogen and oxygen atoms in total. The Bertz CT molecular complexity index is 841. The highest BCUT2D eigenvalue weighted by molar-refractivity contribution is 6.68. The zero-order valence-electron chi connectivity index (χ0n) is 23.1. The lowest BCUT2D eigenvalue weighted by atomic mass is 9.49. The Kier molecular flexibility index (Phi) is 6.05. The Balaban J connectivity index is 1.65. The molecule has 34 heavy (non-hydrogen) atoms. The summed E-state index contributed by atoms with van der Waals surface area (Å²) < 4.78 is 38.4. The standard InChI is InChI=1S/C25H41B3O6/c1-20(2)21(3,4)30-26(29-20)18-15-13-17(14-16-18)19(27-31-22(5,6)23(7,8)32-27)28-33-24(9,10)25(11,12)34-28/h13-16,19H,1-12H3. The van der Waals surface area contributed by atoms with Crippen LogP contribution < -0.4 is 5.46 Å². The van der Waals surface area contributed by atoms with E-state index in [2.05, 4.69) is 107 Å². The molecule has 1 aromatic rings. The number of hydrogen-bond donors (Lipinski definition) is 0. The van der Waals surface area contributed by atoms with Crippen molar-refractivity contribution in [1.29, 1.82) is 0 Å². The van der Waals surface area contributed by atoms with Gasteiger partial charge in [0.05, 0.1) is 39.3 Å². The molecule has 0 atom stereocenters. The van der Waals surface area contributed by atoms with Crippen LogP contribution in [0, 0.1) is 0 Å². The maximum Gasteiger partial charge on any atom is 0.494 e. The molecule has 0 aromatic heterocycles. The van der Waals surface area contributed by atoms with Gasteiger partial charge in [-0.2, -0.15) is 0 Å². The van der Waals surface area contributed by atoms with Crippen molar-refractivity contribution in [2.24, 2.45) is 0 Å². The van der Waals surface area contributed by atoms with Gasteiger partial charge in [0.25, 0.3) is 0 Å². The highest BCUT2D eigenvalue weighted by atomic mass is 16.7. The van der Waals surface area contributed by atoms with Crippen LogP contribution in [0.1, 0.15) is 94.4 Å². The molecule has 3 aliphatic heterocycles. The fraction of sp³-hybridized carbons (Fsp3) is 0.760. The molecular formula is C25H41B3O6. The summed E-state index contributed by atoms with van der Waals surface area (Å²) in [5, 5.41) is 0. The SMILES string of the molecule is CC1(C)OB(c2ccc(C(B3OC(C)(C)C(C)(C)O3)B3OC(C)(C)C(C)(C)O3)cc2)OC1(C)C. The third-order valence-electron chi connectivity index (χ3n) is 8.98. The van der Waals surface area contributed by atoms with E-state index in [4.69, 9.17) is 27.9 Å². The van der Waals surface area contributed by atoms with Crippen LogP contribution >= 0.6 is 0 Å². The quantitative estimate of drug-likeness (QED) is 0.612. The van der Waals surface area contributed by atoms with E-state index in [0.717, 1.165) is 11.0 Å². The van der Waals surface area contributed by atoms with Gasteiger partial charge in [0, 0.05) is 0 Å². The Labute approximate surface area is 207 Å². The van der Waals surface area contributed by atoms with Crippen LogP contribution in [0.4, 0.5) is 0 Å². The minimum absolute atomic E-state index is 0.269. The van der Waals surface area contributed by atoms with E-state index in [9.17, 15) is 0 Å². The van der Waals surface area contributed by atoms with Gasteiger partial charge in [-0.3, -0.25) is 0 Å². The van der Waals surface area contributed by atoms with Crippen LogP contribution in [0.25, 0.3) is 0 Å². The van der Waals surface area contributed by atoms with Crippen molar-refractivity contribution in [2.75, 3.05) is 0 Å². The maximum absolute atomic E-state index is 6.48. The van der Waals surface area contributed by atoms with Crippen molar-refractivity contribution in [2.45, 2.75) is 122 Å². The van der Waals surface area contributed by atoms with Crippen molar-refractivity contribution in [3.8, 4) is 0 Å². The van der Waals surface area contributed by atoms with Crippen molar-refractivity contribution in [1.82, 2.24) is 0 Å². The van der Waals surface area contributed by atoms with Crippen LogP contribution in [0.2, 0.25) is 0 Å². The van der Waals surface area contributed by atoms with E-state index in [1.807, 2.05) is 0 Å². The summed E-state index contributed by atoms with van der Waals surface area (Å²) in [6.45, 7) is 24.8. The van der Waals surface area contributed by atoms with Crippen LogP contribution in [-0.4, -0.2) is 55.0 Å². The molecule has 0 N–H and O–H groups in total. The number of benzene rings is 1. The molecule has 186 valence electrons. The lowest BCUT2D eigenvalue weighted by Crippen LogP contribution is -2.41. The maximum atomic E-state index is 6.48. The zero-order chi connectivity index (χ0) is 25.5. The summed E-state index contributed by atoms with van der Waals surface area (Å²) in [7, 11) is -1.43.